The molecule has 0 radical (unpaired) electrons. The van der Waals surface area contributed by atoms with Crippen molar-refractivity contribution in [2.75, 3.05) is 20.1 Å². The number of nitrogens with one attached hydrogen (secondary N) is 2. The number of hydrogen-bond donors (Lipinski definition) is 2. The summed E-state index contributed by atoms with van der Waals surface area (Å²) in [5.41, 5.74) is 0.0475. The van der Waals surface area contributed by atoms with Crippen molar-refractivity contribution < 1.29 is 13.9 Å². The minimum atomic E-state index is -0.519. The molecule has 1 saturated heterocycles. The molecule has 9 heteroatoms. The number of rotatable bonds is 3. The van der Waals surface area contributed by atoms with E-state index in [0.29, 0.717) is 29.1 Å². The van der Waals surface area contributed by atoms with Crippen LogP contribution < -0.4 is 10.6 Å². The average molecular weight is 557 g/mol. The Labute approximate surface area is 185 Å². The number of guanidine groups is 1. The van der Waals surface area contributed by atoms with Crippen LogP contribution in [0.5, 0.6) is 0 Å². The summed E-state index contributed by atoms with van der Waals surface area (Å²) in [5.74, 6) is 0.411. The van der Waals surface area contributed by atoms with Gasteiger partial charge in [0.15, 0.2) is 5.96 Å². The van der Waals surface area contributed by atoms with Crippen LogP contribution in [0.1, 0.15) is 32.8 Å². The first-order valence-corrected chi connectivity index (χ1v) is 9.36. The molecule has 0 saturated carbocycles. The molecule has 152 valence electrons. The van der Waals surface area contributed by atoms with Crippen LogP contribution in [0, 0.1) is 5.82 Å². The first kappa shape index (κ1) is 23.9. The second-order valence-corrected chi connectivity index (χ2v) is 8.13. The highest BCUT2D eigenvalue weighted by atomic mass is 127. The van der Waals surface area contributed by atoms with E-state index in [1.807, 2.05) is 25.7 Å². The number of aliphatic imine (C=N–C) groups is 1. The maximum absolute atomic E-state index is 13.9. The number of carbonyl (C=O) groups excluding carboxylic acids is 1. The highest BCUT2D eigenvalue weighted by Gasteiger charge is 2.27. The number of amides is 1. The van der Waals surface area contributed by atoms with Crippen molar-refractivity contribution >= 4 is 52.0 Å². The third kappa shape index (κ3) is 7.81. The van der Waals surface area contributed by atoms with Crippen LogP contribution in [-0.4, -0.2) is 48.7 Å². The van der Waals surface area contributed by atoms with Crippen LogP contribution in [0.2, 0.25) is 0 Å². The first-order chi connectivity index (χ1) is 12.2. The van der Waals surface area contributed by atoms with E-state index in [1.54, 1.807) is 19.2 Å². The number of likely N-dealkylation sites (tertiary alicyclic amines) is 1. The third-order valence-electron chi connectivity index (χ3n) is 3.87. The quantitative estimate of drug-likeness (QED) is 0.337. The van der Waals surface area contributed by atoms with Gasteiger partial charge in [-0.25, -0.2) is 9.18 Å². The minimum absolute atomic E-state index is 0. The molecule has 1 amide bonds. The summed E-state index contributed by atoms with van der Waals surface area (Å²) in [6.07, 6.45) is 0.385. The largest absolute Gasteiger partial charge is 0.444 e. The lowest BCUT2D eigenvalue weighted by molar-refractivity contribution is 0.0507. The van der Waals surface area contributed by atoms with E-state index >= 15 is 0 Å². The van der Waals surface area contributed by atoms with Gasteiger partial charge in [-0.1, -0.05) is 22.0 Å². The van der Waals surface area contributed by atoms with Gasteiger partial charge in [-0.05, 0) is 39.3 Å². The van der Waals surface area contributed by atoms with Crippen molar-refractivity contribution in [3.05, 3.63) is 34.1 Å². The summed E-state index contributed by atoms with van der Waals surface area (Å²) in [4.78, 5) is 18.2. The van der Waals surface area contributed by atoms with E-state index in [-0.39, 0.29) is 35.8 Å². The van der Waals surface area contributed by atoms with Crippen LogP contribution in [-0.2, 0) is 11.3 Å². The minimum Gasteiger partial charge on any atom is -0.444 e. The highest BCUT2D eigenvalue weighted by Crippen LogP contribution is 2.16. The van der Waals surface area contributed by atoms with E-state index in [1.165, 1.54) is 6.07 Å². The van der Waals surface area contributed by atoms with Gasteiger partial charge < -0.3 is 20.3 Å². The smallest absolute Gasteiger partial charge is 0.407 e. The molecule has 1 heterocycles. The van der Waals surface area contributed by atoms with Crippen LogP contribution in [0.3, 0.4) is 0 Å². The molecule has 2 N–H and O–H groups in total. The van der Waals surface area contributed by atoms with Gasteiger partial charge in [0.05, 0.1) is 6.04 Å². The fourth-order valence-electron chi connectivity index (χ4n) is 2.72. The van der Waals surface area contributed by atoms with Crippen molar-refractivity contribution in [1.29, 1.82) is 0 Å². The second-order valence-electron chi connectivity index (χ2n) is 7.21. The Hall–Kier alpha value is -1.10. The number of benzene rings is 1. The molecule has 6 nitrogen and oxygen atoms in total. The monoisotopic (exact) mass is 556 g/mol. The van der Waals surface area contributed by atoms with Gasteiger partial charge in [0.2, 0.25) is 0 Å². The average Bonchev–Trinajstić information content (AvgIpc) is 2.96. The summed E-state index contributed by atoms with van der Waals surface area (Å²) < 4.78 is 19.9. The van der Waals surface area contributed by atoms with Crippen LogP contribution >= 0.6 is 39.9 Å². The Kier molecular flexibility index (Phi) is 9.26. The van der Waals surface area contributed by atoms with Crippen molar-refractivity contribution in [2.45, 2.75) is 45.4 Å². The van der Waals surface area contributed by atoms with Gasteiger partial charge in [0.1, 0.15) is 11.4 Å². The number of ether oxygens (including phenoxy) is 1. The Morgan fingerprint density at radius 1 is 1.44 bits per heavy atom. The molecule has 1 aromatic rings. The number of alkyl carbamates (subject to hydrolysis) is 1. The fourth-order valence-corrected chi connectivity index (χ4v) is 3.05. The molecule has 1 aliphatic heterocycles. The molecule has 1 unspecified atom stereocenters. The number of carbonyl (C=O) groups is 1. The predicted octanol–water partition coefficient (Wildman–Crippen LogP) is 3.88. The predicted molar refractivity (Wildman–Crippen MR) is 119 cm³/mol. The lowest BCUT2D eigenvalue weighted by atomic mass is 10.2. The standard InChI is InChI=1S/C18H26BrFN4O2.HI/c1-18(2,3)26-17(25)23-14-7-8-24(11-14)16(21-4)22-10-12-5-6-13(19)9-15(12)20;/h5-6,9,14H,7-8,10-11H2,1-4H3,(H,21,22)(H,23,25);1H. The Bertz CT molecular complexity index is 682. The molecule has 1 aromatic carbocycles. The van der Waals surface area contributed by atoms with Gasteiger partial charge in [-0.2, -0.15) is 0 Å². The maximum Gasteiger partial charge on any atom is 0.407 e. The van der Waals surface area contributed by atoms with Crippen LogP contribution in [0.4, 0.5) is 9.18 Å². The van der Waals surface area contributed by atoms with Gasteiger partial charge in [0, 0.05) is 36.7 Å². The number of nitrogens with zero attached hydrogens (tertiary/aromatic N) is 2. The third-order valence-corrected chi connectivity index (χ3v) is 4.37. The Morgan fingerprint density at radius 2 is 2.15 bits per heavy atom. The van der Waals surface area contributed by atoms with Crippen LogP contribution in [0.25, 0.3) is 0 Å². The SMILES string of the molecule is CN=C(NCc1ccc(Br)cc1F)N1CCC(NC(=O)OC(C)(C)C)C1.I. The first-order valence-electron chi connectivity index (χ1n) is 8.57. The molecule has 0 spiro atoms. The summed E-state index contributed by atoms with van der Waals surface area (Å²) in [5, 5.41) is 6.06. The lowest BCUT2D eigenvalue weighted by Crippen LogP contribution is -2.44. The van der Waals surface area contributed by atoms with Crippen molar-refractivity contribution in [2.24, 2.45) is 4.99 Å². The summed E-state index contributed by atoms with van der Waals surface area (Å²) in [6.45, 7) is 7.22. The maximum atomic E-state index is 13.9. The summed E-state index contributed by atoms with van der Waals surface area (Å²) in [7, 11) is 1.69. The molecule has 0 aromatic heterocycles. The molecule has 27 heavy (non-hydrogen) atoms. The second kappa shape index (κ2) is 10.4. The van der Waals surface area contributed by atoms with E-state index in [9.17, 15) is 9.18 Å². The summed E-state index contributed by atoms with van der Waals surface area (Å²) in [6, 6.07) is 4.97. The summed E-state index contributed by atoms with van der Waals surface area (Å²) >= 11 is 3.25. The lowest BCUT2D eigenvalue weighted by Gasteiger charge is -2.23. The number of halogens is 3. The molecule has 0 bridgehead atoms. The van der Waals surface area contributed by atoms with Crippen molar-refractivity contribution in [3.63, 3.8) is 0 Å². The zero-order valence-electron chi connectivity index (χ0n) is 16.0. The van der Waals surface area contributed by atoms with Crippen molar-refractivity contribution in [1.82, 2.24) is 15.5 Å². The molecule has 1 fully saturated rings. The molecule has 1 atom stereocenters. The van der Waals surface area contributed by atoms with Crippen molar-refractivity contribution in [3.8, 4) is 0 Å². The molecular formula is C18H27BrFIN4O2. The molecule has 2 rings (SSSR count). The Balaban J connectivity index is 0.00000364. The van der Waals surface area contributed by atoms with Gasteiger partial charge in [-0.15, -0.1) is 24.0 Å². The van der Waals surface area contributed by atoms with Gasteiger partial charge in [0.25, 0.3) is 0 Å². The van der Waals surface area contributed by atoms with E-state index in [0.717, 1.165) is 13.0 Å². The molecular weight excluding hydrogens is 530 g/mol. The van der Waals surface area contributed by atoms with E-state index in [2.05, 4.69) is 31.6 Å². The topological polar surface area (TPSA) is 66.0 Å². The molecule has 0 aliphatic carbocycles. The number of hydrogen-bond acceptors (Lipinski definition) is 3. The normalized spacial score (nSPS) is 17.3. The van der Waals surface area contributed by atoms with Gasteiger partial charge in [-0.3, -0.25) is 4.99 Å². The highest BCUT2D eigenvalue weighted by molar-refractivity contribution is 14.0. The van der Waals surface area contributed by atoms with E-state index < -0.39 is 11.7 Å². The van der Waals surface area contributed by atoms with E-state index in [4.69, 9.17) is 4.74 Å². The van der Waals surface area contributed by atoms with Crippen LogP contribution in [0.15, 0.2) is 27.7 Å². The van der Waals surface area contributed by atoms with Gasteiger partial charge >= 0.3 is 6.09 Å². The fraction of sp³-hybridized carbons (Fsp3) is 0.556. The molecule has 1 aliphatic rings. The zero-order chi connectivity index (χ0) is 19.3. The Morgan fingerprint density at radius 3 is 2.74 bits per heavy atom. The zero-order valence-corrected chi connectivity index (χ0v) is 19.9.